The lowest BCUT2D eigenvalue weighted by Crippen LogP contribution is -2.58. The van der Waals surface area contributed by atoms with Crippen molar-refractivity contribution in [3.63, 3.8) is 0 Å². The van der Waals surface area contributed by atoms with Crippen LogP contribution in [0.4, 0.5) is 0 Å². The molecular weight excluding hydrogens is 310 g/mol. The van der Waals surface area contributed by atoms with Gasteiger partial charge in [-0.25, -0.2) is 8.42 Å². The number of rotatable bonds is 5. The van der Waals surface area contributed by atoms with E-state index in [1.54, 1.807) is 19.9 Å². The zero-order valence-electron chi connectivity index (χ0n) is 12.9. The fourth-order valence-electron chi connectivity index (χ4n) is 2.42. The maximum atomic E-state index is 12.8. The van der Waals surface area contributed by atoms with Gasteiger partial charge in [-0.05, 0) is 26.0 Å². The summed E-state index contributed by atoms with van der Waals surface area (Å²) in [6, 6.07) is 3.07. The molecule has 0 aliphatic carbocycles. The molecule has 0 amide bonds. The van der Waals surface area contributed by atoms with Gasteiger partial charge in [0.15, 0.2) is 0 Å². The van der Waals surface area contributed by atoms with Gasteiger partial charge in [0, 0.05) is 13.0 Å². The van der Waals surface area contributed by atoms with E-state index in [9.17, 15) is 13.2 Å². The highest BCUT2D eigenvalue weighted by Gasteiger charge is 2.44. The topological polar surface area (TPSA) is 97.1 Å². The number of ether oxygens (including phenoxy) is 1. The number of hydrogen-bond donors (Lipinski definition) is 1. The summed E-state index contributed by atoms with van der Waals surface area (Å²) in [7, 11) is -3.83. The predicted molar refractivity (Wildman–Crippen MR) is 78.0 cm³/mol. The van der Waals surface area contributed by atoms with E-state index >= 15 is 0 Å². The Morgan fingerprint density at radius 1 is 1.45 bits per heavy atom. The van der Waals surface area contributed by atoms with Gasteiger partial charge >= 0.3 is 5.97 Å². The zero-order chi connectivity index (χ0) is 16.5. The standard InChI is InChI=1S/C14H21NO6S/c1-4-10-5-6-13(21-10)22(18,19)15-8-11(7-12(16)17)20-9-14(15,2)3/h5-6,11H,4,7-9H2,1-3H3,(H,16,17). The molecular formula is C14H21NO6S. The lowest BCUT2D eigenvalue weighted by atomic mass is 10.0. The molecule has 124 valence electrons. The van der Waals surface area contributed by atoms with E-state index in [2.05, 4.69) is 0 Å². The summed E-state index contributed by atoms with van der Waals surface area (Å²) >= 11 is 0. The molecule has 1 aromatic rings. The van der Waals surface area contributed by atoms with Crippen LogP contribution in [0.1, 0.15) is 33.0 Å². The van der Waals surface area contributed by atoms with Gasteiger partial charge in [-0.1, -0.05) is 6.92 Å². The predicted octanol–water partition coefficient (Wildman–Crippen LogP) is 1.48. The third kappa shape index (κ3) is 3.34. The molecule has 2 rings (SSSR count). The third-order valence-electron chi connectivity index (χ3n) is 3.65. The Morgan fingerprint density at radius 3 is 2.68 bits per heavy atom. The molecule has 0 spiro atoms. The number of carbonyl (C=O) groups is 1. The fourth-order valence-corrected chi connectivity index (χ4v) is 4.15. The van der Waals surface area contributed by atoms with Crippen molar-refractivity contribution in [1.29, 1.82) is 0 Å². The lowest BCUT2D eigenvalue weighted by Gasteiger charge is -2.43. The summed E-state index contributed by atoms with van der Waals surface area (Å²) < 4.78 is 37.7. The summed E-state index contributed by atoms with van der Waals surface area (Å²) in [5.41, 5.74) is -0.771. The first-order valence-electron chi connectivity index (χ1n) is 7.12. The number of nitrogens with zero attached hydrogens (tertiary/aromatic N) is 1. The second-order valence-corrected chi connectivity index (χ2v) is 7.75. The first kappa shape index (κ1) is 17.0. The minimum absolute atomic E-state index is 0.0101. The van der Waals surface area contributed by atoms with Crippen LogP contribution in [0.3, 0.4) is 0 Å². The Kier molecular flexibility index (Phi) is 4.65. The second-order valence-electron chi connectivity index (χ2n) is 5.95. The molecule has 2 heterocycles. The number of carboxylic acid groups (broad SMARTS) is 1. The van der Waals surface area contributed by atoms with Crippen molar-refractivity contribution in [3.05, 3.63) is 17.9 Å². The van der Waals surface area contributed by atoms with Gasteiger partial charge < -0.3 is 14.3 Å². The normalized spacial score (nSPS) is 22.6. The van der Waals surface area contributed by atoms with Crippen LogP contribution in [-0.2, 0) is 26.0 Å². The van der Waals surface area contributed by atoms with Crippen molar-refractivity contribution < 1.29 is 27.5 Å². The Morgan fingerprint density at radius 2 is 2.14 bits per heavy atom. The van der Waals surface area contributed by atoms with E-state index in [0.717, 1.165) is 0 Å². The van der Waals surface area contributed by atoms with Gasteiger partial charge in [-0.2, -0.15) is 4.31 Å². The molecule has 1 aliphatic rings. The Bertz CT molecular complexity index is 648. The molecule has 8 heteroatoms. The van der Waals surface area contributed by atoms with E-state index in [-0.39, 0.29) is 24.7 Å². The molecule has 0 radical (unpaired) electrons. The van der Waals surface area contributed by atoms with Crippen LogP contribution in [0, 0.1) is 0 Å². The molecule has 1 aromatic heterocycles. The van der Waals surface area contributed by atoms with Crippen molar-refractivity contribution in [2.75, 3.05) is 13.2 Å². The van der Waals surface area contributed by atoms with Gasteiger partial charge in [0.1, 0.15) is 5.76 Å². The van der Waals surface area contributed by atoms with Crippen LogP contribution in [-0.4, -0.2) is 48.6 Å². The second kappa shape index (κ2) is 6.02. The number of sulfonamides is 1. The van der Waals surface area contributed by atoms with Gasteiger partial charge in [0.25, 0.3) is 10.0 Å². The Labute approximate surface area is 129 Å². The SMILES string of the molecule is CCc1ccc(S(=O)(=O)N2CC(CC(=O)O)OCC2(C)C)o1. The molecule has 0 bridgehead atoms. The minimum Gasteiger partial charge on any atom is -0.481 e. The maximum absolute atomic E-state index is 12.8. The summed E-state index contributed by atoms with van der Waals surface area (Å²) in [5.74, 6) is -0.431. The summed E-state index contributed by atoms with van der Waals surface area (Å²) in [4.78, 5) is 10.8. The zero-order valence-corrected chi connectivity index (χ0v) is 13.7. The van der Waals surface area contributed by atoms with E-state index in [1.165, 1.54) is 10.4 Å². The molecule has 1 unspecified atom stereocenters. The molecule has 1 fully saturated rings. The van der Waals surface area contributed by atoms with E-state index in [4.69, 9.17) is 14.3 Å². The van der Waals surface area contributed by atoms with Crippen LogP contribution < -0.4 is 0 Å². The minimum atomic E-state index is -3.83. The van der Waals surface area contributed by atoms with Crippen molar-refractivity contribution in [3.8, 4) is 0 Å². The average molecular weight is 331 g/mol. The number of furan rings is 1. The highest BCUT2D eigenvalue weighted by atomic mass is 32.2. The van der Waals surface area contributed by atoms with E-state index in [0.29, 0.717) is 12.2 Å². The van der Waals surface area contributed by atoms with Crippen molar-refractivity contribution in [2.45, 2.75) is 50.3 Å². The number of aryl methyl sites for hydroxylation is 1. The molecule has 1 saturated heterocycles. The molecule has 0 aromatic carbocycles. The van der Waals surface area contributed by atoms with Crippen LogP contribution in [0.25, 0.3) is 0 Å². The van der Waals surface area contributed by atoms with Crippen LogP contribution in [0.2, 0.25) is 0 Å². The lowest BCUT2D eigenvalue weighted by molar-refractivity contribution is -0.143. The highest BCUT2D eigenvalue weighted by molar-refractivity contribution is 7.89. The van der Waals surface area contributed by atoms with Crippen LogP contribution >= 0.6 is 0 Å². The Hall–Kier alpha value is -1.38. The van der Waals surface area contributed by atoms with Gasteiger partial charge in [-0.15, -0.1) is 0 Å². The smallest absolute Gasteiger partial charge is 0.306 e. The van der Waals surface area contributed by atoms with Gasteiger partial charge in [-0.3, -0.25) is 4.79 Å². The number of carboxylic acids is 1. The van der Waals surface area contributed by atoms with Crippen molar-refractivity contribution in [2.24, 2.45) is 0 Å². The van der Waals surface area contributed by atoms with Gasteiger partial charge in [0.05, 0.1) is 24.7 Å². The maximum Gasteiger partial charge on any atom is 0.306 e. The van der Waals surface area contributed by atoms with Crippen molar-refractivity contribution >= 4 is 16.0 Å². The van der Waals surface area contributed by atoms with Crippen molar-refractivity contribution in [1.82, 2.24) is 4.31 Å². The summed E-state index contributed by atoms with van der Waals surface area (Å²) in [6.07, 6.45) is -0.301. The number of aliphatic carboxylic acids is 1. The molecule has 22 heavy (non-hydrogen) atoms. The van der Waals surface area contributed by atoms with Crippen LogP contribution in [0.15, 0.2) is 21.6 Å². The van der Waals surface area contributed by atoms with Crippen LogP contribution in [0.5, 0.6) is 0 Å². The Balaban J connectivity index is 2.30. The quantitative estimate of drug-likeness (QED) is 0.878. The molecule has 1 N–H and O–H groups in total. The number of hydrogen-bond acceptors (Lipinski definition) is 5. The largest absolute Gasteiger partial charge is 0.481 e. The fraction of sp³-hybridized carbons (Fsp3) is 0.643. The van der Waals surface area contributed by atoms with Gasteiger partial charge in [0.2, 0.25) is 5.09 Å². The molecule has 1 atom stereocenters. The molecule has 7 nitrogen and oxygen atoms in total. The molecule has 0 saturated carbocycles. The van der Waals surface area contributed by atoms with E-state index < -0.39 is 27.6 Å². The average Bonchev–Trinajstić information content (AvgIpc) is 2.89. The third-order valence-corrected chi connectivity index (χ3v) is 5.60. The monoisotopic (exact) mass is 331 g/mol. The molecule has 1 aliphatic heterocycles. The summed E-state index contributed by atoms with van der Waals surface area (Å²) in [5, 5.41) is 8.75. The number of morpholine rings is 1. The first-order chi connectivity index (χ1) is 10.2. The summed E-state index contributed by atoms with van der Waals surface area (Å²) in [6.45, 7) is 5.47. The van der Waals surface area contributed by atoms with E-state index in [1.807, 2.05) is 6.92 Å². The first-order valence-corrected chi connectivity index (χ1v) is 8.56. The highest BCUT2D eigenvalue weighted by Crippen LogP contribution is 2.31.